The fourth-order valence-corrected chi connectivity index (χ4v) is 2.79. The Kier molecular flexibility index (Phi) is 3.18. The van der Waals surface area contributed by atoms with Crippen molar-refractivity contribution in [3.8, 4) is 6.07 Å². The van der Waals surface area contributed by atoms with Gasteiger partial charge in [-0.3, -0.25) is 0 Å². The van der Waals surface area contributed by atoms with Crippen LogP contribution < -0.4 is 5.32 Å². The first-order valence-electron chi connectivity index (χ1n) is 6.06. The normalized spacial score (nSPS) is 10.3. The maximum atomic E-state index is 9.14. The Labute approximate surface area is 115 Å². The van der Waals surface area contributed by atoms with Crippen LogP contribution in [0.4, 0.5) is 5.69 Å². The molecule has 3 heteroatoms. The molecular weight excluding hydrogens is 252 g/mol. The highest BCUT2D eigenvalue weighted by Gasteiger charge is 2.05. The lowest BCUT2D eigenvalue weighted by molar-refractivity contribution is 1.20. The van der Waals surface area contributed by atoms with Gasteiger partial charge < -0.3 is 5.32 Å². The first kappa shape index (κ1) is 11.8. The summed E-state index contributed by atoms with van der Waals surface area (Å²) in [7, 11) is 0. The third kappa shape index (κ3) is 2.31. The Balaban J connectivity index is 1.98. The molecule has 0 aliphatic carbocycles. The van der Waals surface area contributed by atoms with Gasteiger partial charge >= 0.3 is 0 Å². The van der Waals surface area contributed by atoms with Crippen LogP contribution in [0, 0.1) is 11.3 Å². The van der Waals surface area contributed by atoms with E-state index in [9.17, 15) is 0 Å². The molecule has 2 aromatic carbocycles. The molecule has 0 amide bonds. The molecule has 0 radical (unpaired) electrons. The molecule has 3 rings (SSSR count). The summed E-state index contributed by atoms with van der Waals surface area (Å²) in [5, 5.41) is 16.8. The van der Waals surface area contributed by atoms with E-state index in [2.05, 4.69) is 28.9 Å². The quantitative estimate of drug-likeness (QED) is 0.761. The molecule has 1 aromatic heterocycles. The molecular formula is C16H12N2S. The number of thiophene rings is 1. The first-order valence-corrected chi connectivity index (χ1v) is 6.94. The third-order valence-electron chi connectivity index (χ3n) is 3.08. The molecule has 0 aliphatic heterocycles. The number of anilines is 1. The molecule has 3 aromatic rings. The molecule has 0 saturated carbocycles. The Hall–Kier alpha value is -2.31. The summed E-state index contributed by atoms with van der Waals surface area (Å²) in [5.41, 5.74) is 1.79. The van der Waals surface area contributed by atoms with Crippen LogP contribution in [0.1, 0.15) is 10.4 Å². The molecule has 0 unspecified atom stereocenters. The van der Waals surface area contributed by atoms with E-state index >= 15 is 0 Å². The predicted octanol–water partition coefficient (Wildman–Crippen LogP) is 4.39. The van der Waals surface area contributed by atoms with E-state index in [0.29, 0.717) is 0 Å². The third-order valence-corrected chi connectivity index (χ3v) is 3.95. The van der Waals surface area contributed by atoms with Crippen molar-refractivity contribution in [3.05, 3.63) is 64.4 Å². The van der Waals surface area contributed by atoms with Crippen LogP contribution in [-0.4, -0.2) is 0 Å². The van der Waals surface area contributed by atoms with Crippen molar-refractivity contribution < 1.29 is 0 Å². The standard InChI is InChI=1S/C16H12N2S/c17-10-12-7-8-16(15-6-2-1-5-14(12)15)18-11-13-4-3-9-19-13/h1-9,18H,11H2. The van der Waals surface area contributed by atoms with Crippen molar-refractivity contribution in [3.63, 3.8) is 0 Å². The van der Waals surface area contributed by atoms with Gasteiger partial charge in [-0.25, -0.2) is 0 Å². The summed E-state index contributed by atoms with van der Waals surface area (Å²) >= 11 is 1.74. The Morgan fingerprint density at radius 1 is 1.00 bits per heavy atom. The van der Waals surface area contributed by atoms with Crippen molar-refractivity contribution in [1.29, 1.82) is 5.26 Å². The van der Waals surface area contributed by atoms with Crippen LogP contribution >= 0.6 is 11.3 Å². The summed E-state index contributed by atoms with van der Waals surface area (Å²) in [5.74, 6) is 0. The van der Waals surface area contributed by atoms with Crippen LogP contribution in [0.5, 0.6) is 0 Å². The van der Waals surface area contributed by atoms with Crippen molar-refractivity contribution in [2.75, 3.05) is 5.32 Å². The van der Waals surface area contributed by atoms with Crippen LogP contribution in [0.25, 0.3) is 10.8 Å². The zero-order chi connectivity index (χ0) is 13.1. The zero-order valence-electron chi connectivity index (χ0n) is 10.3. The maximum Gasteiger partial charge on any atom is 0.0998 e. The van der Waals surface area contributed by atoms with Crippen LogP contribution in [0.3, 0.4) is 0 Å². The van der Waals surface area contributed by atoms with E-state index in [0.717, 1.165) is 28.6 Å². The molecule has 0 fully saturated rings. The number of hydrogen-bond donors (Lipinski definition) is 1. The van der Waals surface area contributed by atoms with Crippen LogP contribution in [-0.2, 0) is 6.54 Å². The second-order valence-corrected chi connectivity index (χ2v) is 5.28. The highest BCUT2D eigenvalue weighted by Crippen LogP contribution is 2.27. The van der Waals surface area contributed by atoms with Gasteiger partial charge in [0.25, 0.3) is 0 Å². The number of rotatable bonds is 3. The molecule has 2 nitrogen and oxygen atoms in total. The topological polar surface area (TPSA) is 35.8 Å². The van der Waals surface area contributed by atoms with Gasteiger partial charge in [0.15, 0.2) is 0 Å². The van der Waals surface area contributed by atoms with Crippen molar-refractivity contribution >= 4 is 27.8 Å². The van der Waals surface area contributed by atoms with E-state index in [1.54, 1.807) is 11.3 Å². The van der Waals surface area contributed by atoms with Crippen molar-refractivity contribution in [1.82, 2.24) is 0 Å². The Bertz CT molecular complexity index is 739. The van der Waals surface area contributed by atoms with Gasteiger partial charge in [0.05, 0.1) is 11.6 Å². The van der Waals surface area contributed by atoms with E-state index in [1.807, 2.05) is 36.4 Å². The van der Waals surface area contributed by atoms with Gasteiger partial charge in [0.1, 0.15) is 0 Å². The minimum Gasteiger partial charge on any atom is -0.380 e. The molecule has 19 heavy (non-hydrogen) atoms. The second kappa shape index (κ2) is 5.13. The van der Waals surface area contributed by atoms with E-state index < -0.39 is 0 Å². The van der Waals surface area contributed by atoms with Gasteiger partial charge in [0, 0.05) is 27.9 Å². The van der Waals surface area contributed by atoms with Gasteiger partial charge in [-0.05, 0) is 23.6 Å². The van der Waals surface area contributed by atoms with Crippen molar-refractivity contribution in [2.45, 2.75) is 6.54 Å². The minimum absolute atomic E-state index is 0.720. The number of benzene rings is 2. The summed E-state index contributed by atoms with van der Waals surface area (Å²) < 4.78 is 0. The first-order chi connectivity index (χ1) is 9.38. The SMILES string of the molecule is N#Cc1ccc(NCc2cccs2)c2ccccc12. The number of hydrogen-bond acceptors (Lipinski definition) is 3. The lowest BCUT2D eigenvalue weighted by Crippen LogP contribution is -1.98. The van der Waals surface area contributed by atoms with E-state index in [4.69, 9.17) is 5.26 Å². The predicted molar refractivity (Wildman–Crippen MR) is 80.3 cm³/mol. The highest BCUT2D eigenvalue weighted by molar-refractivity contribution is 7.09. The summed E-state index contributed by atoms with van der Waals surface area (Å²) in [6, 6.07) is 18.3. The van der Waals surface area contributed by atoms with Crippen LogP contribution in [0.2, 0.25) is 0 Å². The fraction of sp³-hybridized carbons (Fsp3) is 0.0625. The monoisotopic (exact) mass is 264 g/mol. The average Bonchev–Trinajstić information content (AvgIpc) is 2.98. The van der Waals surface area contributed by atoms with E-state index in [-0.39, 0.29) is 0 Å². The number of nitrogens with zero attached hydrogens (tertiary/aromatic N) is 1. The highest BCUT2D eigenvalue weighted by atomic mass is 32.1. The molecule has 0 saturated heterocycles. The lowest BCUT2D eigenvalue weighted by atomic mass is 10.0. The number of nitrogens with one attached hydrogen (secondary N) is 1. The maximum absolute atomic E-state index is 9.14. The van der Waals surface area contributed by atoms with Gasteiger partial charge in [-0.2, -0.15) is 5.26 Å². The Morgan fingerprint density at radius 2 is 1.84 bits per heavy atom. The van der Waals surface area contributed by atoms with Gasteiger partial charge in [-0.1, -0.05) is 30.3 Å². The Morgan fingerprint density at radius 3 is 2.58 bits per heavy atom. The van der Waals surface area contributed by atoms with Crippen LogP contribution in [0.15, 0.2) is 53.9 Å². The minimum atomic E-state index is 0.720. The molecule has 0 bridgehead atoms. The molecule has 1 N–H and O–H groups in total. The zero-order valence-corrected chi connectivity index (χ0v) is 11.1. The van der Waals surface area contributed by atoms with Crippen molar-refractivity contribution in [2.24, 2.45) is 0 Å². The number of fused-ring (bicyclic) bond motifs is 1. The molecule has 0 atom stereocenters. The average molecular weight is 264 g/mol. The largest absolute Gasteiger partial charge is 0.380 e. The number of nitriles is 1. The summed E-state index contributed by atoms with van der Waals surface area (Å²) in [6.45, 7) is 0.813. The molecule has 92 valence electrons. The summed E-state index contributed by atoms with van der Waals surface area (Å²) in [6.07, 6.45) is 0. The van der Waals surface area contributed by atoms with Gasteiger partial charge in [0.2, 0.25) is 0 Å². The molecule has 0 spiro atoms. The smallest absolute Gasteiger partial charge is 0.0998 e. The molecule has 1 heterocycles. The van der Waals surface area contributed by atoms with E-state index in [1.165, 1.54) is 4.88 Å². The fourth-order valence-electron chi connectivity index (χ4n) is 2.15. The lowest BCUT2D eigenvalue weighted by Gasteiger charge is -2.10. The second-order valence-electron chi connectivity index (χ2n) is 4.25. The van der Waals surface area contributed by atoms with Gasteiger partial charge in [-0.15, -0.1) is 11.3 Å². The molecule has 0 aliphatic rings. The summed E-state index contributed by atoms with van der Waals surface area (Å²) in [4.78, 5) is 1.30.